The van der Waals surface area contributed by atoms with Crippen LogP contribution in [-0.2, 0) is 0 Å². The number of benzene rings is 2. The fourth-order valence-electron chi connectivity index (χ4n) is 2.26. The lowest BCUT2D eigenvalue weighted by Crippen LogP contribution is -2.28. The Bertz CT molecular complexity index is 658. The molecule has 3 heteroatoms. The summed E-state index contributed by atoms with van der Waals surface area (Å²) in [5.41, 5.74) is 6.13. The van der Waals surface area contributed by atoms with Gasteiger partial charge < -0.3 is 0 Å². The molecule has 1 atom stereocenters. The molecule has 0 aliphatic carbocycles. The van der Waals surface area contributed by atoms with Crippen LogP contribution in [0.1, 0.15) is 11.6 Å². The van der Waals surface area contributed by atoms with Crippen LogP contribution in [0.3, 0.4) is 0 Å². The third kappa shape index (κ3) is 5.14. The first-order valence-corrected chi connectivity index (χ1v) is 7.57. The highest BCUT2D eigenvalue weighted by molar-refractivity contribution is 5.49. The lowest BCUT2D eigenvalue weighted by Gasteiger charge is -2.22. The molecule has 23 heavy (non-hydrogen) atoms. The van der Waals surface area contributed by atoms with Gasteiger partial charge in [-0.3, -0.25) is 10.3 Å². The van der Waals surface area contributed by atoms with Crippen LogP contribution in [0.4, 0.5) is 5.69 Å². The average molecular weight is 303 g/mol. The van der Waals surface area contributed by atoms with Gasteiger partial charge in [-0.1, -0.05) is 83.5 Å². The van der Waals surface area contributed by atoms with Crippen molar-refractivity contribution in [2.24, 2.45) is 0 Å². The first kappa shape index (κ1) is 16.5. The van der Waals surface area contributed by atoms with Gasteiger partial charge >= 0.3 is 0 Å². The zero-order chi connectivity index (χ0) is 16.3. The largest absolute Gasteiger partial charge is 0.295 e. The molecular formula is C20H21N3. The van der Waals surface area contributed by atoms with Crippen LogP contribution < -0.4 is 0 Å². The van der Waals surface area contributed by atoms with Crippen LogP contribution >= 0.6 is 0 Å². The first-order valence-electron chi connectivity index (χ1n) is 7.57. The summed E-state index contributed by atoms with van der Waals surface area (Å²) in [6.45, 7) is 9.10. The topological polar surface area (TPSA) is 21.7 Å². The molecule has 2 aromatic rings. The van der Waals surface area contributed by atoms with E-state index < -0.39 is 0 Å². The van der Waals surface area contributed by atoms with E-state index in [9.17, 15) is 0 Å². The Kier molecular flexibility index (Phi) is 6.65. The highest BCUT2D eigenvalue weighted by atomic mass is 15.3. The summed E-state index contributed by atoms with van der Waals surface area (Å²) < 4.78 is 0. The zero-order valence-corrected chi connectivity index (χ0v) is 13.2. The van der Waals surface area contributed by atoms with Gasteiger partial charge in [0.15, 0.2) is 6.04 Å². The monoisotopic (exact) mass is 303 g/mol. The lowest BCUT2D eigenvalue weighted by molar-refractivity contribution is 0.293. The molecule has 0 aliphatic rings. The summed E-state index contributed by atoms with van der Waals surface area (Å²) >= 11 is 0. The van der Waals surface area contributed by atoms with E-state index in [-0.39, 0.29) is 6.04 Å². The summed E-state index contributed by atoms with van der Waals surface area (Å²) in [4.78, 5) is 6.35. The van der Waals surface area contributed by atoms with E-state index in [0.29, 0.717) is 0 Å². The van der Waals surface area contributed by atoms with Crippen molar-refractivity contribution in [2.45, 2.75) is 6.04 Å². The second-order valence-electron chi connectivity index (χ2n) is 5.01. The molecular weight excluding hydrogens is 282 g/mol. The molecule has 116 valence electrons. The van der Waals surface area contributed by atoms with Crippen molar-refractivity contribution in [3.63, 3.8) is 0 Å². The minimum Gasteiger partial charge on any atom is -0.278 e. The summed E-state index contributed by atoms with van der Waals surface area (Å²) in [7, 11) is 0. The van der Waals surface area contributed by atoms with Crippen LogP contribution in [0.15, 0.2) is 86.0 Å². The minimum absolute atomic E-state index is 0.0975. The summed E-state index contributed by atoms with van der Waals surface area (Å²) in [5.74, 6) is 0. The highest BCUT2D eigenvalue weighted by Crippen LogP contribution is 2.22. The van der Waals surface area contributed by atoms with Crippen molar-refractivity contribution >= 4 is 5.69 Å². The average Bonchev–Trinajstić information content (AvgIpc) is 2.60. The fraction of sp³-hybridized carbons (Fsp3) is 0.150. The van der Waals surface area contributed by atoms with Crippen LogP contribution in [0.5, 0.6) is 0 Å². The summed E-state index contributed by atoms with van der Waals surface area (Å²) in [6.07, 6.45) is 3.74. The second kappa shape index (κ2) is 9.24. The molecule has 0 amide bonds. The molecule has 2 rings (SSSR count). The van der Waals surface area contributed by atoms with Gasteiger partial charge in [-0.15, -0.1) is 13.2 Å². The molecule has 3 nitrogen and oxygen atoms in total. The third-order valence-electron chi connectivity index (χ3n) is 3.31. The van der Waals surface area contributed by atoms with Crippen molar-refractivity contribution in [3.8, 4) is 6.07 Å². The Labute approximate surface area is 138 Å². The molecule has 0 aromatic heterocycles. The van der Waals surface area contributed by atoms with Crippen molar-refractivity contribution in [1.82, 2.24) is 4.90 Å². The molecule has 0 fully saturated rings. The standard InChI is InChI=1S/C20H21N3/c1-3-15-23(16-4-2)20(18-11-7-5-8-12-18)17-21-22-19-13-9-6-10-14-19/h3-14,20H,1-2,15-16H2/t20-/m1/s1. The maximum Gasteiger partial charge on any atom is 0.295 e. The number of nitrogens with zero attached hydrogens (tertiary/aromatic N) is 3. The Morgan fingerprint density at radius 1 is 0.957 bits per heavy atom. The molecule has 0 heterocycles. The second-order valence-corrected chi connectivity index (χ2v) is 5.01. The van der Waals surface area contributed by atoms with Crippen LogP contribution in [0.25, 0.3) is 10.4 Å². The van der Waals surface area contributed by atoms with Gasteiger partial charge in [0, 0.05) is 13.1 Å². The van der Waals surface area contributed by atoms with Crippen molar-refractivity contribution in [3.05, 3.63) is 102 Å². The molecule has 0 saturated carbocycles. The SMILES string of the molecule is C=CCN(CC=C)[C@H](C#[N+][N-]c1ccccc1)c1ccccc1. The molecule has 0 N–H and O–H groups in total. The predicted molar refractivity (Wildman–Crippen MR) is 97.9 cm³/mol. The van der Waals surface area contributed by atoms with Crippen LogP contribution in [0.2, 0.25) is 0 Å². The van der Waals surface area contributed by atoms with Gasteiger partial charge in [-0.05, 0) is 5.56 Å². The smallest absolute Gasteiger partial charge is 0.278 e. The maximum atomic E-state index is 4.21. The fourth-order valence-corrected chi connectivity index (χ4v) is 2.26. The van der Waals surface area contributed by atoms with E-state index in [2.05, 4.69) is 46.6 Å². The minimum atomic E-state index is -0.0975. The predicted octanol–water partition coefficient (Wildman–Crippen LogP) is 5.36. The van der Waals surface area contributed by atoms with Crippen LogP contribution in [0, 0.1) is 6.07 Å². The summed E-state index contributed by atoms with van der Waals surface area (Å²) in [5, 5.41) is 0. The highest BCUT2D eigenvalue weighted by Gasteiger charge is 2.21. The maximum absolute atomic E-state index is 4.21. The van der Waals surface area contributed by atoms with Crippen molar-refractivity contribution in [1.29, 1.82) is 0 Å². The summed E-state index contributed by atoms with van der Waals surface area (Å²) in [6, 6.07) is 22.8. The number of hydrogen-bond donors (Lipinski definition) is 0. The van der Waals surface area contributed by atoms with Gasteiger partial charge in [0.25, 0.3) is 6.07 Å². The van der Waals surface area contributed by atoms with Gasteiger partial charge in [0.05, 0.1) is 0 Å². The Morgan fingerprint density at radius 3 is 2.09 bits per heavy atom. The van der Waals surface area contributed by atoms with E-state index in [4.69, 9.17) is 0 Å². The number of hydrogen-bond acceptors (Lipinski definition) is 1. The van der Waals surface area contributed by atoms with Crippen molar-refractivity contribution in [2.75, 3.05) is 13.1 Å². The van der Waals surface area contributed by atoms with E-state index in [0.717, 1.165) is 24.3 Å². The van der Waals surface area contributed by atoms with Crippen molar-refractivity contribution < 1.29 is 0 Å². The van der Waals surface area contributed by atoms with Gasteiger partial charge in [-0.25, -0.2) is 0 Å². The molecule has 2 aromatic carbocycles. The number of rotatable bonds is 7. The quantitative estimate of drug-likeness (QED) is 0.499. The van der Waals surface area contributed by atoms with Gasteiger partial charge in [0.1, 0.15) is 0 Å². The van der Waals surface area contributed by atoms with E-state index in [1.165, 1.54) is 0 Å². The zero-order valence-electron chi connectivity index (χ0n) is 13.2. The molecule has 0 radical (unpaired) electrons. The van der Waals surface area contributed by atoms with E-state index in [1.54, 1.807) is 0 Å². The molecule has 0 saturated heterocycles. The normalized spacial score (nSPS) is 11.2. The molecule has 0 aliphatic heterocycles. The van der Waals surface area contributed by atoms with Crippen LogP contribution in [-0.4, -0.2) is 18.0 Å². The first-order chi connectivity index (χ1) is 11.3. The Morgan fingerprint density at radius 2 is 1.52 bits per heavy atom. The van der Waals surface area contributed by atoms with E-state index >= 15 is 0 Å². The van der Waals surface area contributed by atoms with Gasteiger partial charge in [-0.2, -0.15) is 0 Å². The molecule has 0 spiro atoms. The molecule has 0 bridgehead atoms. The Hall–Kier alpha value is -2.83. The Balaban J connectivity index is 2.23. The van der Waals surface area contributed by atoms with Gasteiger partial charge in [0.2, 0.25) is 0 Å². The lowest BCUT2D eigenvalue weighted by atomic mass is 10.1. The van der Waals surface area contributed by atoms with E-state index in [1.807, 2.05) is 60.7 Å². The molecule has 0 unspecified atom stereocenters. The third-order valence-corrected chi connectivity index (χ3v) is 3.31.